The lowest BCUT2D eigenvalue weighted by Crippen LogP contribution is -2.47. The standard InChI is InChI=1S/C16H17NO4/c1-16(15(19)20)8-4-7-13(16)17-14(18)11-9-21-12-6-3-2-5-10(11)12/h2-3,5-6,9,13H,4,7-8H2,1H3,(H,17,18)(H,19,20). The Balaban J connectivity index is 1.85. The molecular weight excluding hydrogens is 270 g/mol. The first-order valence-corrected chi connectivity index (χ1v) is 7.03. The van der Waals surface area contributed by atoms with Gasteiger partial charge in [0, 0.05) is 11.4 Å². The van der Waals surface area contributed by atoms with Gasteiger partial charge < -0.3 is 14.8 Å². The number of hydrogen-bond acceptors (Lipinski definition) is 3. The van der Waals surface area contributed by atoms with Gasteiger partial charge in [-0.25, -0.2) is 0 Å². The van der Waals surface area contributed by atoms with Crippen molar-refractivity contribution >= 4 is 22.8 Å². The minimum atomic E-state index is -0.894. The third kappa shape index (κ3) is 2.18. The van der Waals surface area contributed by atoms with Gasteiger partial charge in [-0.05, 0) is 25.8 Å². The van der Waals surface area contributed by atoms with Gasteiger partial charge >= 0.3 is 5.97 Å². The maximum Gasteiger partial charge on any atom is 0.311 e. The minimum Gasteiger partial charge on any atom is -0.481 e. The summed E-state index contributed by atoms with van der Waals surface area (Å²) in [6.07, 6.45) is 3.50. The first-order valence-electron chi connectivity index (χ1n) is 7.03. The van der Waals surface area contributed by atoms with Gasteiger partial charge in [-0.3, -0.25) is 9.59 Å². The van der Waals surface area contributed by atoms with Gasteiger partial charge in [0.15, 0.2) is 0 Å². The molecule has 1 aliphatic rings. The van der Waals surface area contributed by atoms with E-state index in [-0.39, 0.29) is 11.9 Å². The summed E-state index contributed by atoms with van der Waals surface area (Å²) >= 11 is 0. The number of amides is 1. The van der Waals surface area contributed by atoms with Crippen molar-refractivity contribution in [3.05, 3.63) is 36.1 Å². The van der Waals surface area contributed by atoms with Crippen molar-refractivity contribution < 1.29 is 19.1 Å². The number of nitrogens with one attached hydrogen (secondary N) is 1. The molecule has 2 aromatic rings. The molecule has 1 aromatic heterocycles. The molecule has 5 nitrogen and oxygen atoms in total. The second kappa shape index (κ2) is 4.91. The highest BCUT2D eigenvalue weighted by Gasteiger charge is 2.46. The molecule has 0 spiro atoms. The number of aliphatic carboxylic acids is 1. The van der Waals surface area contributed by atoms with Gasteiger partial charge in [-0.1, -0.05) is 24.6 Å². The zero-order valence-corrected chi connectivity index (χ0v) is 11.8. The molecular formula is C16H17NO4. The fraction of sp³-hybridized carbons (Fsp3) is 0.375. The quantitative estimate of drug-likeness (QED) is 0.909. The molecule has 5 heteroatoms. The molecule has 0 aliphatic heterocycles. The molecule has 3 rings (SSSR count). The Morgan fingerprint density at radius 2 is 2.14 bits per heavy atom. The van der Waals surface area contributed by atoms with Crippen molar-refractivity contribution in [1.29, 1.82) is 0 Å². The summed E-state index contributed by atoms with van der Waals surface area (Å²) in [5, 5.41) is 13.0. The van der Waals surface area contributed by atoms with Crippen molar-refractivity contribution in [2.45, 2.75) is 32.2 Å². The van der Waals surface area contributed by atoms with Crippen LogP contribution in [0.5, 0.6) is 0 Å². The summed E-state index contributed by atoms with van der Waals surface area (Å²) in [6, 6.07) is 6.94. The molecule has 1 amide bonds. The fourth-order valence-electron chi connectivity index (χ4n) is 3.04. The van der Waals surface area contributed by atoms with E-state index in [2.05, 4.69) is 5.32 Å². The normalized spacial score (nSPS) is 25.1. The van der Waals surface area contributed by atoms with Gasteiger partial charge in [-0.15, -0.1) is 0 Å². The highest BCUT2D eigenvalue weighted by Crippen LogP contribution is 2.38. The predicted octanol–water partition coefficient (Wildman–Crippen LogP) is 2.81. The molecule has 0 bridgehead atoms. The molecule has 0 radical (unpaired) electrons. The van der Waals surface area contributed by atoms with E-state index in [0.29, 0.717) is 24.0 Å². The van der Waals surface area contributed by atoms with Gasteiger partial charge in [0.1, 0.15) is 11.8 Å². The molecule has 2 unspecified atom stereocenters. The number of carboxylic acid groups (broad SMARTS) is 1. The van der Waals surface area contributed by atoms with E-state index < -0.39 is 11.4 Å². The van der Waals surface area contributed by atoms with Crippen LogP contribution in [0.1, 0.15) is 36.5 Å². The molecule has 1 aromatic carbocycles. The summed E-state index contributed by atoms with van der Waals surface area (Å²) in [7, 11) is 0. The number of carbonyl (C=O) groups is 2. The molecule has 0 saturated heterocycles. The third-order valence-electron chi connectivity index (χ3n) is 4.48. The average Bonchev–Trinajstić information content (AvgIpc) is 3.04. The lowest BCUT2D eigenvalue weighted by molar-refractivity contribution is -0.148. The molecule has 21 heavy (non-hydrogen) atoms. The van der Waals surface area contributed by atoms with E-state index in [0.717, 1.165) is 11.8 Å². The molecule has 2 atom stereocenters. The maximum atomic E-state index is 12.4. The highest BCUT2D eigenvalue weighted by atomic mass is 16.4. The number of carboxylic acids is 1. The van der Waals surface area contributed by atoms with Crippen LogP contribution >= 0.6 is 0 Å². The number of fused-ring (bicyclic) bond motifs is 1. The first-order chi connectivity index (χ1) is 10.0. The third-order valence-corrected chi connectivity index (χ3v) is 4.48. The van der Waals surface area contributed by atoms with Gasteiger partial charge in [0.25, 0.3) is 5.91 Å². The molecule has 1 aliphatic carbocycles. The molecule has 1 fully saturated rings. The van der Waals surface area contributed by atoms with Crippen molar-refractivity contribution in [1.82, 2.24) is 5.32 Å². The fourth-order valence-corrected chi connectivity index (χ4v) is 3.04. The van der Waals surface area contributed by atoms with Crippen molar-refractivity contribution in [3.8, 4) is 0 Å². The van der Waals surface area contributed by atoms with E-state index in [4.69, 9.17) is 4.42 Å². The Labute approximate surface area is 121 Å². The number of rotatable bonds is 3. The second-order valence-electron chi connectivity index (χ2n) is 5.79. The molecule has 1 heterocycles. The van der Waals surface area contributed by atoms with Crippen LogP contribution in [0.4, 0.5) is 0 Å². The molecule has 1 saturated carbocycles. The summed E-state index contributed by atoms with van der Waals surface area (Å²) in [5.74, 6) is -1.14. The minimum absolute atomic E-state index is 0.278. The van der Waals surface area contributed by atoms with E-state index in [9.17, 15) is 14.7 Å². The largest absolute Gasteiger partial charge is 0.481 e. The highest BCUT2D eigenvalue weighted by molar-refractivity contribution is 6.06. The zero-order valence-electron chi connectivity index (χ0n) is 11.8. The van der Waals surface area contributed by atoms with Crippen LogP contribution in [0.3, 0.4) is 0 Å². The van der Waals surface area contributed by atoms with Crippen LogP contribution in [0.15, 0.2) is 34.9 Å². The number of benzene rings is 1. The Morgan fingerprint density at radius 1 is 1.38 bits per heavy atom. The Bertz CT molecular complexity index is 705. The number of hydrogen-bond donors (Lipinski definition) is 2. The Hall–Kier alpha value is -2.30. The Kier molecular flexibility index (Phi) is 3.20. The lowest BCUT2D eigenvalue weighted by Gasteiger charge is -2.27. The van der Waals surface area contributed by atoms with Crippen LogP contribution in [0, 0.1) is 5.41 Å². The van der Waals surface area contributed by atoms with Gasteiger partial charge in [-0.2, -0.15) is 0 Å². The SMILES string of the molecule is CC1(C(=O)O)CCCC1NC(=O)c1coc2ccccc12. The molecule has 2 N–H and O–H groups in total. The van der Waals surface area contributed by atoms with Crippen LogP contribution in [-0.2, 0) is 4.79 Å². The Morgan fingerprint density at radius 3 is 2.90 bits per heavy atom. The summed E-state index contributed by atoms with van der Waals surface area (Å²) in [5.41, 5.74) is 0.204. The average molecular weight is 287 g/mol. The van der Waals surface area contributed by atoms with Crippen LogP contribution in [0.2, 0.25) is 0 Å². The topological polar surface area (TPSA) is 79.5 Å². The van der Waals surface area contributed by atoms with Crippen molar-refractivity contribution in [2.24, 2.45) is 5.41 Å². The van der Waals surface area contributed by atoms with E-state index in [1.165, 1.54) is 6.26 Å². The van der Waals surface area contributed by atoms with Crippen LogP contribution < -0.4 is 5.32 Å². The maximum absolute atomic E-state index is 12.4. The van der Waals surface area contributed by atoms with Crippen molar-refractivity contribution in [3.63, 3.8) is 0 Å². The van der Waals surface area contributed by atoms with Crippen LogP contribution in [-0.4, -0.2) is 23.0 Å². The monoisotopic (exact) mass is 287 g/mol. The molecule has 110 valence electrons. The first kappa shape index (κ1) is 13.7. The summed E-state index contributed by atoms with van der Waals surface area (Å²) < 4.78 is 5.36. The van der Waals surface area contributed by atoms with Gasteiger partial charge in [0.05, 0.1) is 11.0 Å². The lowest BCUT2D eigenvalue weighted by atomic mass is 9.85. The predicted molar refractivity (Wildman–Crippen MR) is 77.1 cm³/mol. The zero-order chi connectivity index (χ0) is 15.0. The van der Waals surface area contributed by atoms with Crippen LogP contribution in [0.25, 0.3) is 11.0 Å². The van der Waals surface area contributed by atoms with E-state index in [1.54, 1.807) is 13.0 Å². The summed E-state index contributed by atoms with van der Waals surface area (Å²) in [4.78, 5) is 23.9. The second-order valence-corrected chi connectivity index (χ2v) is 5.79. The summed E-state index contributed by atoms with van der Waals surface area (Å²) in [6.45, 7) is 1.70. The van der Waals surface area contributed by atoms with E-state index in [1.807, 2.05) is 18.2 Å². The number of carbonyl (C=O) groups excluding carboxylic acids is 1. The van der Waals surface area contributed by atoms with Gasteiger partial charge in [0.2, 0.25) is 0 Å². The van der Waals surface area contributed by atoms with Crippen molar-refractivity contribution in [2.75, 3.05) is 0 Å². The van der Waals surface area contributed by atoms with E-state index >= 15 is 0 Å². The number of para-hydroxylation sites is 1. The number of furan rings is 1. The smallest absolute Gasteiger partial charge is 0.311 e.